The lowest BCUT2D eigenvalue weighted by Gasteiger charge is -2.34. The Balaban J connectivity index is 2.18. The van der Waals surface area contributed by atoms with E-state index in [2.05, 4.69) is 75.5 Å². The first kappa shape index (κ1) is 12.1. The van der Waals surface area contributed by atoms with Gasteiger partial charge in [-0.1, -0.05) is 94.8 Å². The number of rotatable bonds is 2. The molecule has 1 fully saturated rings. The molecule has 0 aromatic heterocycles. The Hall–Kier alpha value is 0.680. The third kappa shape index (κ3) is 2.87. The van der Waals surface area contributed by atoms with Gasteiger partial charge in [-0.2, -0.15) is 0 Å². The summed E-state index contributed by atoms with van der Waals surface area (Å²) in [5.41, 5.74) is 1.48. The molecule has 0 radical (unpaired) electrons. The molecule has 0 amide bonds. The first-order chi connectivity index (χ1) is 7.21. The maximum absolute atomic E-state index is 2.65. The molecule has 0 atom stereocenters. The van der Waals surface area contributed by atoms with E-state index >= 15 is 0 Å². The molecule has 1 aromatic rings. The summed E-state index contributed by atoms with van der Waals surface area (Å²) in [5.74, 6) is 0.856. The van der Waals surface area contributed by atoms with Crippen LogP contribution in [0.15, 0.2) is 30.3 Å². The second-order valence-corrected chi connectivity index (χ2v) is 9.79. The van der Waals surface area contributed by atoms with Crippen LogP contribution in [0.1, 0.15) is 37.7 Å². The molecule has 0 N–H and O–H groups in total. The average Bonchev–Trinajstić information content (AvgIpc) is 2.31. The number of halogens is 2. The van der Waals surface area contributed by atoms with Gasteiger partial charge in [0.25, 0.3) is 0 Å². The lowest BCUT2D eigenvalue weighted by Crippen LogP contribution is -2.24. The van der Waals surface area contributed by atoms with E-state index in [0.29, 0.717) is 1.43 Å². The first-order valence-electron chi connectivity index (χ1n) is 5.64. The van der Waals surface area contributed by atoms with Crippen LogP contribution in [0.3, 0.4) is 0 Å². The van der Waals surface area contributed by atoms with Crippen molar-refractivity contribution >= 4 is 45.2 Å². The summed E-state index contributed by atoms with van der Waals surface area (Å²) < 4.78 is 0.303. The van der Waals surface area contributed by atoms with E-state index in [1.807, 2.05) is 0 Å². The highest BCUT2D eigenvalue weighted by Gasteiger charge is 2.35. The van der Waals surface area contributed by atoms with Crippen molar-refractivity contribution < 1.29 is 0 Å². The molecule has 1 saturated carbocycles. The van der Waals surface area contributed by atoms with Crippen LogP contribution < -0.4 is 0 Å². The molecule has 0 unspecified atom stereocenters. The fourth-order valence-corrected chi connectivity index (χ4v) is 4.33. The van der Waals surface area contributed by atoms with Crippen molar-refractivity contribution in [1.82, 2.24) is 0 Å². The van der Waals surface area contributed by atoms with Crippen LogP contribution in [0.5, 0.6) is 0 Å². The van der Waals surface area contributed by atoms with Crippen molar-refractivity contribution in [2.75, 3.05) is 0 Å². The highest BCUT2D eigenvalue weighted by Crippen LogP contribution is 2.51. The predicted octanol–water partition coefficient (Wildman–Crippen LogP) is 5.29. The monoisotopic (exact) mass is 426 g/mol. The molecule has 1 aliphatic rings. The number of hydrogen-bond acceptors (Lipinski definition) is 0. The smallest absolute Gasteiger partial charge is 0.0622 e. The van der Waals surface area contributed by atoms with Crippen LogP contribution in [0, 0.1) is 5.92 Å². The highest BCUT2D eigenvalue weighted by atomic mass is 127. The van der Waals surface area contributed by atoms with Gasteiger partial charge in [-0.25, -0.2) is 0 Å². The lowest BCUT2D eigenvalue weighted by molar-refractivity contribution is 0.351. The molecule has 82 valence electrons. The second kappa shape index (κ2) is 5.34. The Kier molecular flexibility index (Phi) is 4.32. The van der Waals surface area contributed by atoms with E-state index in [1.54, 1.807) is 0 Å². The van der Waals surface area contributed by atoms with Crippen LogP contribution in [0.25, 0.3) is 0 Å². The molecule has 1 aliphatic carbocycles. The van der Waals surface area contributed by atoms with Crippen LogP contribution >= 0.6 is 45.2 Å². The van der Waals surface area contributed by atoms with Crippen molar-refractivity contribution in [3.8, 4) is 0 Å². The minimum Gasteiger partial charge on any atom is -0.0622 e. The maximum atomic E-state index is 2.65. The van der Waals surface area contributed by atoms with E-state index in [0.717, 1.165) is 5.92 Å². The summed E-state index contributed by atoms with van der Waals surface area (Å²) >= 11 is 5.30. The van der Waals surface area contributed by atoms with Crippen LogP contribution in [-0.2, 0) is 1.43 Å². The molecular formula is C13H16I2. The molecule has 0 spiro atoms. The molecule has 0 saturated heterocycles. The Labute approximate surface area is 120 Å². The Morgan fingerprint density at radius 1 is 0.933 bits per heavy atom. The average molecular weight is 426 g/mol. The Morgan fingerprint density at radius 3 is 2.13 bits per heavy atom. The van der Waals surface area contributed by atoms with E-state index < -0.39 is 0 Å². The van der Waals surface area contributed by atoms with E-state index in [1.165, 1.54) is 37.7 Å². The van der Waals surface area contributed by atoms with Gasteiger partial charge in [-0.05, 0) is 24.3 Å². The van der Waals surface area contributed by atoms with Crippen LogP contribution in [0.2, 0.25) is 0 Å². The Bertz CT molecular complexity index is 300. The van der Waals surface area contributed by atoms with Crippen LogP contribution in [0.4, 0.5) is 0 Å². The van der Waals surface area contributed by atoms with Gasteiger partial charge >= 0.3 is 0 Å². The largest absolute Gasteiger partial charge is 0.101 e. The summed E-state index contributed by atoms with van der Waals surface area (Å²) in [5, 5.41) is 0. The summed E-state index contributed by atoms with van der Waals surface area (Å²) in [6.45, 7) is 0. The quantitative estimate of drug-likeness (QED) is 0.446. The van der Waals surface area contributed by atoms with Crippen molar-refractivity contribution in [2.24, 2.45) is 5.92 Å². The number of alkyl halides is 2. The fraction of sp³-hybridized carbons (Fsp3) is 0.538. The van der Waals surface area contributed by atoms with E-state index in [9.17, 15) is 0 Å². The standard InChI is InChI=1S/C13H16I2/c14-13(15,11-7-3-1-4-8-11)12-9-5-2-6-10-12/h1,3-4,7-8,12H,2,5-6,9-10H2. The third-order valence-corrected chi connectivity index (χ3v) is 6.28. The minimum atomic E-state index is 0.303. The lowest BCUT2D eigenvalue weighted by atomic mass is 9.85. The zero-order chi connectivity index (χ0) is 10.7. The zero-order valence-corrected chi connectivity index (χ0v) is 13.1. The molecule has 2 heteroatoms. The highest BCUT2D eigenvalue weighted by molar-refractivity contribution is 14.2. The van der Waals surface area contributed by atoms with Gasteiger partial charge < -0.3 is 0 Å². The van der Waals surface area contributed by atoms with Crippen molar-refractivity contribution in [1.29, 1.82) is 0 Å². The molecule has 15 heavy (non-hydrogen) atoms. The predicted molar refractivity (Wildman–Crippen MR) is 82.7 cm³/mol. The Morgan fingerprint density at radius 2 is 1.53 bits per heavy atom. The molecule has 0 aliphatic heterocycles. The van der Waals surface area contributed by atoms with E-state index in [4.69, 9.17) is 0 Å². The van der Waals surface area contributed by atoms with Gasteiger partial charge in [0.1, 0.15) is 1.43 Å². The molecule has 1 aromatic carbocycles. The van der Waals surface area contributed by atoms with Gasteiger partial charge in [-0.15, -0.1) is 0 Å². The number of benzene rings is 1. The summed E-state index contributed by atoms with van der Waals surface area (Å²) in [6.07, 6.45) is 7.09. The number of hydrogen-bond donors (Lipinski definition) is 0. The fourth-order valence-electron chi connectivity index (χ4n) is 2.36. The molecule has 2 rings (SSSR count). The molecule has 0 nitrogen and oxygen atoms in total. The second-order valence-electron chi connectivity index (χ2n) is 4.32. The van der Waals surface area contributed by atoms with Gasteiger partial charge in [0, 0.05) is 0 Å². The van der Waals surface area contributed by atoms with Gasteiger partial charge in [-0.3, -0.25) is 0 Å². The molecular weight excluding hydrogens is 410 g/mol. The summed E-state index contributed by atoms with van der Waals surface area (Å²) in [6, 6.07) is 11.0. The van der Waals surface area contributed by atoms with Crippen molar-refractivity contribution in [3.05, 3.63) is 35.9 Å². The van der Waals surface area contributed by atoms with Crippen molar-refractivity contribution in [3.63, 3.8) is 0 Å². The summed E-state index contributed by atoms with van der Waals surface area (Å²) in [4.78, 5) is 0. The van der Waals surface area contributed by atoms with Gasteiger partial charge in [0.15, 0.2) is 0 Å². The molecule has 0 heterocycles. The normalized spacial score (nSPS) is 19.1. The third-order valence-electron chi connectivity index (χ3n) is 3.28. The van der Waals surface area contributed by atoms with Crippen molar-refractivity contribution in [2.45, 2.75) is 33.5 Å². The SMILES string of the molecule is IC(I)(c1ccccc1)C1CCCCC1. The summed E-state index contributed by atoms with van der Waals surface area (Å²) in [7, 11) is 0. The minimum absolute atomic E-state index is 0.303. The molecule has 0 bridgehead atoms. The zero-order valence-electron chi connectivity index (χ0n) is 8.76. The van der Waals surface area contributed by atoms with Crippen LogP contribution in [-0.4, -0.2) is 0 Å². The van der Waals surface area contributed by atoms with Gasteiger partial charge in [0.05, 0.1) is 0 Å². The van der Waals surface area contributed by atoms with E-state index in [-0.39, 0.29) is 0 Å². The first-order valence-corrected chi connectivity index (χ1v) is 7.80. The maximum Gasteiger partial charge on any atom is 0.101 e. The van der Waals surface area contributed by atoms with Gasteiger partial charge in [0.2, 0.25) is 0 Å². The topological polar surface area (TPSA) is 0 Å².